The van der Waals surface area contributed by atoms with Crippen molar-refractivity contribution in [1.29, 1.82) is 0 Å². The van der Waals surface area contributed by atoms with E-state index in [1.165, 1.54) is 15.6 Å². The summed E-state index contributed by atoms with van der Waals surface area (Å²) in [6.45, 7) is 0.446. The number of hydrogen-bond acceptors (Lipinski definition) is 4. The van der Waals surface area contributed by atoms with E-state index >= 15 is 0 Å². The first-order valence-corrected chi connectivity index (χ1v) is 7.77. The Morgan fingerprint density at radius 3 is 2.90 bits per heavy atom. The van der Waals surface area contributed by atoms with Crippen molar-refractivity contribution in [2.45, 2.75) is 12.4 Å². The highest BCUT2D eigenvalue weighted by Crippen LogP contribution is 2.25. The Bertz CT molecular complexity index is 820. The second-order valence-corrected chi connectivity index (χ2v) is 5.79. The van der Waals surface area contributed by atoms with E-state index in [-0.39, 0.29) is 5.69 Å². The van der Waals surface area contributed by atoms with Crippen LogP contribution >= 0.6 is 22.9 Å². The SMILES string of the molecule is Cn1cnn(Cc2cccc(-c3nc(CCl)cs3)c2)c1=O. The van der Waals surface area contributed by atoms with Crippen LogP contribution in [0, 0.1) is 0 Å². The van der Waals surface area contributed by atoms with Crippen LogP contribution in [0.2, 0.25) is 0 Å². The highest BCUT2D eigenvalue weighted by Gasteiger charge is 2.07. The van der Waals surface area contributed by atoms with Gasteiger partial charge in [-0.2, -0.15) is 5.10 Å². The van der Waals surface area contributed by atoms with Crippen molar-refractivity contribution in [2.75, 3.05) is 0 Å². The van der Waals surface area contributed by atoms with Gasteiger partial charge in [-0.25, -0.2) is 14.5 Å². The Balaban J connectivity index is 1.89. The lowest BCUT2D eigenvalue weighted by Gasteiger charge is -2.03. The molecule has 0 N–H and O–H groups in total. The summed E-state index contributed by atoms with van der Waals surface area (Å²) in [6, 6.07) is 7.96. The Morgan fingerprint density at radius 1 is 1.38 bits per heavy atom. The van der Waals surface area contributed by atoms with Crippen LogP contribution in [0.1, 0.15) is 11.3 Å². The van der Waals surface area contributed by atoms with Crippen LogP contribution in [0.5, 0.6) is 0 Å². The average molecular weight is 321 g/mol. The van der Waals surface area contributed by atoms with Crippen LogP contribution in [0.4, 0.5) is 0 Å². The molecule has 21 heavy (non-hydrogen) atoms. The van der Waals surface area contributed by atoms with Gasteiger partial charge in [-0.1, -0.05) is 18.2 Å². The molecular weight excluding hydrogens is 308 g/mol. The molecule has 0 atom stereocenters. The van der Waals surface area contributed by atoms with Gasteiger partial charge in [0.15, 0.2) is 0 Å². The first-order chi connectivity index (χ1) is 10.2. The maximum absolute atomic E-state index is 11.8. The maximum atomic E-state index is 11.8. The molecule has 5 nitrogen and oxygen atoms in total. The number of halogens is 1. The number of rotatable bonds is 4. The highest BCUT2D eigenvalue weighted by atomic mass is 35.5. The average Bonchev–Trinajstić information content (AvgIpc) is 3.10. The number of nitrogens with zero attached hydrogens (tertiary/aromatic N) is 4. The minimum Gasteiger partial charge on any atom is -0.285 e. The number of aryl methyl sites for hydroxylation is 1. The van der Waals surface area contributed by atoms with Gasteiger partial charge in [0, 0.05) is 18.0 Å². The molecule has 0 fully saturated rings. The van der Waals surface area contributed by atoms with E-state index in [0.29, 0.717) is 12.4 Å². The molecule has 0 amide bonds. The standard InChI is InChI=1S/C14H13ClN4OS/c1-18-9-16-19(14(18)20)7-10-3-2-4-11(5-10)13-17-12(6-15)8-21-13/h2-5,8-9H,6-7H2,1H3. The van der Waals surface area contributed by atoms with Gasteiger partial charge in [-0.05, 0) is 11.6 Å². The lowest BCUT2D eigenvalue weighted by atomic mass is 10.1. The molecule has 0 bridgehead atoms. The highest BCUT2D eigenvalue weighted by molar-refractivity contribution is 7.13. The molecule has 0 aliphatic rings. The quantitative estimate of drug-likeness (QED) is 0.694. The fourth-order valence-electron chi connectivity index (χ4n) is 2.01. The fraction of sp³-hybridized carbons (Fsp3) is 0.214. The molecule has 108 valence electrons. The van der Waals surface area contributed by atoms with E-state index in [0.717, 1.165) is 21.8 Å². The van der Waals surface area contributed by atoms with E-state index in [1.54, 1.807) is 18.4 Å². The minimum absolute atomic E-state index is 0.126. The minimum atomic E-state index is -0.126. The van der Waals surface area contributed by atoms with Gasteiger partial charge >= 0.3 is 5.69 Å². The Morgan fingerprint density at radius 2 is 2.24 bits per heavy atom. The second kappa shape index (κ2) is 5.83. The van der Waals surface area contributed by atoms with E-state index in [2.05, 4.69) is 10.1 Å². The van der Waals surface area contributed by atoms with Crippen LogP contribution in [0.15, 0.2) is 40.8 Å². The van der Waals surface area contributed by atoms with Crippen molar-refractivity contribution < 1.29 is 0 Å². The predicted molar refractivity (Wildman–Crippen MR) is 83.7 cm³/mol. The third-order valence-corrected chi connectivity index (χ3v) is 4.30. The first kappa shape index (κ1) is 14.0. The molecule has 0 saturated heterocycles. The Kier molecular flexibility index (Phi) is 3.90. The molecule has 2 heterocycles. The van der Waals surface area contributed by atoms with E-state index in [1.807, 2.05) is 29.6 Å². The topological polar surface area (TPSA) is 52.7 Å². The summed E-state index contributed by atoms with van der Waals surface area (Å²) < 4.78 is 2.89. The van der Waals surface area contributed by atoms with E-state index in [4.69, 9.17) is 11.6 Å². The van der Waals surface area contributed by atoms with Crippen LogP contribution in [-0.2, 0) is 19.5 Å². The number of benzene rings is 1. The fourth-order valence-corrected chi connectivity index (χ4v) is 3.05. The van der Waals surface area contributed by atoms with E-state index in [9.17, 15) is 4.79 Å². The van der Waals surface area contributed by atoms with Crippen LogP contribution in [0.25, 0.3) is 10.6 Å². The first-order valence-electron chi connectivity index (χ1n) is 6.35. The van der Waals surface area contributed by atoms with Gasteiger partial charge in [0.2, 0.25) is 0 Å². The van der Waals surface area contributed by atoms with Crippen molar-refractivity contribution in [1.82, 2.24) is 19.3 Å². The predicted octanol–water partition coefficient (Wildman–Crippen LogP) is 2.49. The molecule has 7 heteroatoms. The third-order valence-electron chi connectivity index (χ3n) is 3.08. The van der Waals surface area contributed by atoms with Crippen LogP contribution in [0.3, 0.4) is 0 Å². The van der Waals surface area contributed by atoms with Crippen molar-refractivity contribution >= 4 is 22.9 Å². The van der Waals surface area contributed by atoms with Gasteiger partial charge in [0.05, 0.1) is 18.1 Å². The zero-order chi connectivity index (χ0) is 14.8. The van der Waals surface area contributed by atoms with Gasteiger partial charge < -0.3 is 0 Å². The summed E-state index contributed by atoms with van der Waals surface area (Å²) in [7, 11) is 1.69. The number of thiazole rings is 1. The Labute approximate surface area is 130 Å². The molecule has 0 spiro atoms. The molecule has 0 saturated carbocycles. The van der Waals surface area contributed by atoms with Gasteiger partial charge in [-0.3, -0.25) is 4.57 Å². The lowest BCUT2D eigenvalue weighted by Crippen LogP contribution is -2.23. The molecular formula is C14H13ClN4OS. The van der Waals surface area contributed by atoms with Crippen LogP contribution in [-0.4, -0.2) is 19.3 Å². The summed E-state index contributed by atoms with van der Waals surface area (Å²) >= 11 is 7.35. The zero-order valence-electron chi connectivity index (χ0n) is 11.4. The number of aromatic nitrogens is 4. The monoisotopic (exact) mass is 320 g/mol. The Hall–Kier alpha value is -1.92. The molecule has 3 rings (SSSR count). The maximum Gasteiger partial charge on any atom is 0.345 e. The summed E-state index contributed by atoms with van der Waals surface area (Å²) in [5.74, 6) is 0.416. The van der Waals surface area contributed by atoms with Gasteiger partial charge in [-0.15, -0.1) is 22.9 Å². The molecule has 0 aliphatic carbocycles. The summed E-state index contributed by atoms with van der Waals surface area (Å²) in [5.41, 5.74) is 2.79. The lowest BCUT2D eigenvalue weighted by molar-refractivity contribution is 0.647. The third kappa shape index (κ3) is 2.91. The number of hydrogen-bond donors (Lipinski definition) is 0. The molecule has 0 unspecified atom stereocenters. The number of alkyl halides is 1. The van der Waals surface area contributed by atoms with E-state index < -0.39 is 0 Å². The molecule has 0 aliphatic heterocycles. The van der Waals surface area contributed by atoms with Crippen molar-refractivity contribution in [3.8, 4) is 10.6 Å². The zero-order valence-corrected chi connectivity index (χ0v) is 12.9. The summed E-state index contributed by atoms with van der Waals surface area (Å²) in [5, 5.41) is 6.96. The van der Waals surface area contributed by atoms with Crippen molar-refractivity contribution in [2.24, 2.45) is 7.05 Å². The van der Waals surface area contributed by atoms with Gasteiger partial charge in [0.25, 0.3) is 0 Å². The summed E-state index contributed by atoms with van der Waals surface area (Å²) in [6.07, 6.45) is 1.51. The second-order valence-electron chi connectivity index (χ2n) is 4.66. The van der Waals surface area contributed by atoms with Crippen LogP contribution < -0.4 is 5.69 Å². The van der Waals surface area contributed by atoms with Gasteiger partial charge in [0.1, 0.15) is 11.3 Å². The van der Waals surface area contributed by atoms with Crippen molar-refractivity contribution in [3.63, 3.8) is 0 Å². The molecule has 0 radical (unpaired) electrons. The normalized spacial score (nSPS) is 11.0. The molecule has 2 aromatic heterocycles. The largest absolute Gasteiger partial charge is 0.345 e. The molecule has 1 aromatic carbocycles. The van der Waals surface area contributed by atoms with Crippen molar-refractivity contribution in [3.05, 3.63) is 57.7 Å². The summed E-state index contributed by atoms with van der Waals surface area (Å²) in [4.78, 5) is 16.3. The molecule has 3 aromatic rings. The smallest absolute Gasteiger partial charge is 0.285 e.